The van der Waals surface area contributed by atoms with Gasteiger partial charge in [-0.3, -0.25) is 0 Å². The third-order valence-electron chi connectivity index (χ3n) is 6.16. The van der Waals surface area contributed by atoms with Crippen LogP contribution in [0.2, 0.25) is 0 Å². The SMILES string of the molecule is C=C1/C=C\C(c2cccc3c2C=CCC3)CCC(C)(C)c2cc(I)ccc21. The van der Waals surface area contributed by atoms with E-state index in [1.165, 1.54) is 31.4 Å². The maximum atomic E-state index is 4.41. The lowest BCUT2D eigenvalue weighted by molar-refractivity contribution is 0.449. The third-order valence-corrected chi connectivity index (χ3v) is 6.83. The Morgan fingerprint density at radius 2 is 1.96 bits per heavy atom. The lowest BCUT2D eigenvalue weighted by Crippen LogP contribution is -2.20. The highest BCUT2D eigenvalue weighted by Crippen LogP contribution is 2.41. The van der Waals surface area contributed by atoms with Crippen molar-refractivity contribution >= 4 is 34.2 Å². The van der Waals surface area contributed by atoms with Crippen molar-refractivity contribution in [1.82, 2.24) is 0 Å². The summed E-state index contributed by atoms with van der Waals surface area (Å²) >= 11 is 2.42. The molecular weight excluding hydrogens is 439 g/mol. The van der Waals surface area contributed by atoms with Crippen LogP contribution < -0.4 is 0 Å². The predicted molar refractivity (Wildman–Crippen MR) is 126 cm³/mol. The lowest BCUT2D eigenvalue weighted by atomic mass is 9.75. The molecule has 0 amide bonds. The maximum Gasteiger partial charge on any atom is 0.0133 e. The molecule has 0 aliphatic heterocycles. The fraction of sp³-hybridized carbons (Fsp3) is 0.308. The summed E-state index contributed by atoms with van der Waals surface area (Å²) in [5.74, 6) is 0.437. The summed E-state index contributed by atoms with van der Waals surface area (Å²) in [4.78, 5) is 0. The number of fused-ring (bicyclic) bond motifs is 2. The predicted octanol–water partition coefficient (Wildman–Crippen LogP) is 7.68. The van der Waals surface area contributed by atoms with E-state index in [9.17, 15) is 0 Å². The minimum Gasteiger partial charge on any atom is -0.0912 e. The van der Waals surface area contributed by atoms with E-state index in [1.54, 1.807) is 0 Å². The van der Waals surface area contributed by atoms with Crippen molar-refractivity contribution < 1.29 is 0 Å². The van der Waals surface area contributed by atoms with Crippen LogP contribution in [0.15, 0.2) is 61.2 Å². The highest BCUT2D eigenvalue weighted by atomic mass is 127. The Morgan fingerprint density at radius 3 is 2.81 bits per heavy atom. The van der Waals surface area contributed by atoms with Gasteiger partial charge in [0.05, 0.1) is 0 Å². The molecule has 0 N–H and O–H groups in total. The second-order valence-corrected chi connectivity index (χ2v) is 9.71. The zero-order chi connectivity index (χ0) is 19.0. The van der Waals surface area contributed by atoms with Crippen LogP contribution in [0.3, 0.4) is 0 Å². The Hall–Kier alpha value is -1.61. The van der Waals surface area contributed by atoms with Gasteiger partial charge in [-0.25, -0.2) is 0 Å². The van der Waals surface area contributed by atoms with Crippen molar-refractivity contribution in [2.45, 2.75) is 50.9 Å². The summed E-state index contributed by atoms with van der Waals surface area (Å²) in [6, 6.07) is 13.7. The molecule has 0 bridgehead atoms. The minimum atomic E-state index is 0.133. The van der Waals surface area contributed by atoms with Crippen molar-refractivity contribution in [2.75, 3.05) is 0 Å². The van der Waals surface area contributed by atoms with Gasteiger partial charge in [0.15, 0.2) is 0 Å². The zero-order valence-corrected chi connectivity index (χ0v) is 18.4. The van der Waals surface area contributed by atoms with Gasteiger partial charge in [-0.1, -0.05) is 69.0 Å². The summed E-state index contributed by atoms with van der Waals surface area (Å²) in [5.41, 5.74) is 8.42. The Bertz CT molecular complexity index is 943. The first-order valence-electron chi connectivity index (χ1n) is 9.91. The van der Waals surface area contributed by atoms with Crippen LogP contribution in [0.1, 0.15) is 66.8 Å². The number of halogens is 1. The second kappa shape index (κ2) is 7.43. The number of benzene rings is 2. The van der Waals surface area contributed by atoms with Crippen molar-refractivity contribution in [3.8, 4) is 0 Å². The van der Waals surface area contributed by atoms with E-state index in [4.69, 9.17) is 0 Å². The fourth-order valence-electron chi connectivity index (χ4n) is 4.50. The molecular formula is C26H27I. The average Bonchev–Trinajstić information content (AvgIpc) is 2.71. The number of rotatable bonds is 1. The van der Waals surface area contributed by atoms with Gasteiger partial charge >= 0.3 is 0 Å². The van der Waals surface area contributed by atoms with Gasteiger partial charge in [0.25, 0.3) is 0 Å². The molecule has 1 unspecified atom stereocenters. The highest BCUT2D eigenvalue weighted by Gasteiger charge is 2.27. The van der Waals surface area contributed by atoms with Crippen LogP contribution in [0.4, 0.5) is 0 Å². The molecule has 0 heterocycles. The van der Waals surface area contributed by atoms with E-state index in [-0.39, 0.29) is 5.41 Å². The smallest absolute Gasteiger partial charge is 0.0133 e. The molecule has 0 radical (unpaired) electrons. The number of hydrogen-bond donors (Lipinski definition) is 0. The lowest BCUT2D eigenvalue weighted by Gasteiger charge is -2.29. The first kappa shape index (κ1) is 18.7. The molecule has 4 rings (SSSR count). The summed E-state index contributed by atoms with van der Waals surface area (Å²) in [6.07, 6.45) is 14.0. The van der Waals surface area contributed by atoms with Crippen LogP contribution >= 0.6 is 22.6 Å². The van der Waals surface area contributed by atoms with E-state index in [0.29, 0.717) is 5.92 Å². The number of hydrogen-bond acceptors (Lipinski definition) is 0. The van der Waals surface area contributed by atoms with Gasteiger partial charge in [0, 0.05) is 9.49 Å². The molecule has 2 aromatic carbocycles. The fourth-order valence-corrected chi connectivity index (χ4v) is 4.99. The van der Waals surface area contributed by atoms with Gasteiger partial charge < -0.3 is 0 Å². The molecule has 0 saturated carbocycles. The van der Waals surface area contributed by atoms with E-state index in [2.05, 4.69) is 104 Å². The summed E-state index contributed by atoms with van der Waals surface area (Å²) in [6.45, 7) is 9.18. The summed E-state index contributed by atoms with van der Waals surface area (Å²) in [7, 11) is 0. The van der Waals surface area contributed by atoms with E-state index < -0.39 is 0 Å². The van der Waals surface area contributed by atoms with Crippen molar-refractivity contribution in [3.05, 3.63) is 92.6 Å². The maximum absolute atomic E-state index is 4.41. The summed E-state index contributed by atoms with van der Waals surface area (Å²) in [5, 5.41) is 0. The molecule has 1 heteroatoms. The van der Waals surface area contributed by atoms with Crippen molar-refractivity contribution in [2.24, 2.45) is 0 Å². The Morgan fingerprint density at radius 1 is 1.11 bits per heavy atom. The third kappa shape index (κ3) is 3.71. The van der Waals surface area contributed by atoms with Crippen LogP contribution in [-0.2, 0) is 11.8 Å². The zero-order valence-electron chi connectivity index (χ0n) is 16.3. The van der Waals surface area contributed by atoms with Gasteiger partial charge in [-0.15, -0.1) is 0 Å². The van der Waals surface area contributed by atoms with Gasteiger partial charge in [0.1, 0.15) is 0 Å². The van der Waals surface area contributed by atoms with Gasteiger partial charge in [0.2, 0.25) is 0 Å². The molecule has 0 fully saturated rings. The molecule has 138 valence electrons. The molecule has 0 saturated heterocycles. The number of aryl methyl sites for hydroxylation is 1. The van der Waals surface area contributed by atoms with Crippen LogP contribution in [0, 0.1) is 3.57 Å². The Balaban J connectivity index is 1.77. The molecule has 2 aliphatic carbocycles. The quantitative estimate of drug-likeness (QED) is 0.378. The van der Waals surface area contributed by atoms with E-state index in [1.807, 2.05) is 0 Å². The average molecular weight is 466 g/mol. The largest absolute Gasteiger partial charge is 0.0912 e. The molecule has 2 aliphatic rings. The molecule has 0 nitrogen and oxygen atoms in total. The van der Waals surface area contributed by atoms with Gasteiger partial charge in [-0.2, -0.15) is 0 Å². The Kier molecular flexibility index (Phi) is 5.15. The van der Waals surface area contributed by atoms with Crippen molar-refractivity contribution in [3.63, 3.8) is 0 Å². The minimum absolute atomic E-state index is 0.133. The Labute approximate surface area is 177 Å². The standard InChI is InChI=1S/C26H27I/c1-18-11-12-20(24-10-6-8-19-7-4-5-9-23(19)24)15-16-26(2,3)25-17-21(27)13-14-22(18)25/h5-6,8-14,17,20H,1,4,7,15-16H2,2-3H3/b12-11-. The van der Waals surface area contributed by atoms with E-state index >= 15 is 0 Å². The van der Waals surface area contributed by atoms with Crippen molar-refractivity contribution in [1.29, 1.82) is 0 Å². The topological polar surface area (TPSA) is 0 Å². The van der Waals surface area contributed by atoms with Crippen LogP contribution in [0.5, 0.6) is 0 Å². The monoisotopic (exact) mass is 466 g/mol. The molecule has 0 spiro atoms. The summed E-state index contributed by atoms with van der Waals surface area (Å²) < 4.78 is 1.30. The first-order valence-corrected chi connectivity index (χ1v) is 11.0. The molecule has 1 atom stereocenters. The molecule has 2 aromatic rings. The second-order valence-electron chi connectivity index (χ2n) is 8.46. The van der Waals surface area contributed by atoms with Crippen LogP contribution in [0.25, 0.3) is 11.6 Å². The van der Waals surface area contributed by atoms with Crippen LogP contribution in [-0.4, -0.2) is 0 Å². The molecule has 27 heavy (non-hydrogen) atoms. The normalized spacial score (nSPS) is 22.2. The number of allylic oxidation sites excluding steroid dienone is 4. The van der Waals surface area contributed by atoms with E-state index in [0.717, 1.165) is 31.3 Å². The highest BCUT2D eigenvalue weighted by molar-refractivity contribution is 14.1. The molecule has 0 aromatic heterocycles. The van der Waals surface area contributed by atoms with Gasteiger partial charge in [-0.05, 0) is 99.2 Å². The first-order chi connectivity index (χ1) is 13.0.